The second kappa shape index (κ2) is 4.14. The van der Waals surface area contributed by atoms with Crippen LogP contribution >= 0.6 is 11.3 Å². The summed E-state index contributed by atoms with van der Waals surface area (Å²) in [5.74, 6) is 0. The van der Waals surface area contributed by atoms with Gasteiger partial charge in [-0.25, -0.2) is 4.98 Å². The van der Waals surface area contributed by atoms with Gasteiger partial charge in [0.1, 0.15) is 5.00 Å². The summed E-state index contributed by atoms with van der Waals surface area (Å²) in [4.78, 5) is 8.72. The standard InChI is InChI=1S/C9H15N3OS/c1-11(2)9-10-7-8(14-9)12-3-5-13-6-4-12/h7H,3-6H2,1-2H3. The molecule has 2 heterocycles. The van der Waals surface area contributed by atoms with Gasteiger partial charge >= 0.3 is 0 Å². The molecular weight excluding hydrogens is 198 g/mol. The molecule has 0 amide bonds. The maximum absolute atomic E-state index is 5.31. The van der Waals surface area contributed by atoms with Crippen LogP contribution in [0.4, 0.5) is 10.1 Å². The van der Waals surface area contributed by atoms with E-state index in [0.717, 1.165) is 31.4 Å². The van der Waals surface area contributed by atoms with Crippen molar-refractivity contribution in [2.24, 2.45) is 0 Å². The lowest BCUT2D eigenvalue weighted by Crippen LogP contribution is -2.35. The van der Waals surface area contributed by atoms with E-state index in [-0.39, 0.29) is 0 Å². The van der Waals surface area contributed by atoms with Crippen LogP contribution in [-0.4, -0.2) is 45.4 Å². The number of aromatic nitrogens is 1. The monoisotopic (exact) mass is 213 g/mol. The van der Waals surface area contributed by atoms with E-state index in [1.807, 2.05) is 25.2 Å². The Morgan fingerprint density at radius 1 is 1.43 bits per heavy atom. The predicted molar refractivity (Wildman–Crippen MR) is 59.5 cm³/mol. The Kier molecular flexibility index (Phi) is 2.88. The van der Waals surface area contributed by atoms with E-state index in [4.69, 9.17) is 4.74 Å². The molecule has 2 rings (SSSR count). The van der Waals surface area contributed by atoms with Gasteiger partial charge in [0.25, 0.3) is 0 Å². The molecule has 1 aromatic heterocycles. The molecule has 4 nitrogen and oxygen atoms in total. The zero-order chi connectivity index (χ0) is 9.97. The molecule has 0 saturated carbocycles. The normalized spacial score (nSPS) is 17.1. The summed E-state index contributed by atoms with van der Waals surface area (Å²) in [6.45, 7) is 3.62. The van der Waals surface area contributed by atoms with Gasteiger partial charge in [-0.05, 0) is 0 Å². The zero-order valence-corrected chi connectivity index (χ0v) is 9.38. The smallest absolute Gasteiger partial charge is 0.186 e. The number of anilines is 2. The third kappa shape index (κ3) is 1.99. The van der Waals surface area contributed by atoms with Gasteiger partial charge in [0.15, 0.2) is 5.13 Å². The van der Waals surface area contributed by atoms with Crippen molar-refractivity contribution in [3.05, 3.63) is 6.20 Å². The SMILES string of the molecule is CN(C)c1ncc(N2CCOCC2)s1. The molecule has 0 radical (unpaired) electrons. The van der Waals surface area contributed by atoms with Gasteiger partial charge in [-0.15, -0.1) is 0 Å². The van der Waals surface area contributed by atoms with E-state index < -0.39 is 0 Å². The summed E-state index contributed by atoms with van der Waals surface area (Å²) < 4.78 is 5.31. The Balaban J connectivity index is 2.07. The Labute approximate surface area is 88.1 Å². The highest BCUT2D eigenvalue weighted by Crippen LogP contribution is 2.28. The Morgan fingerprint density at radius 3 is 2.71 bits per heavy atom. The van der Waals surface area contributed by atoms with Gasteiger partial charge in [-0.2, -0.15) is 0 Å². The Morgan fingerprint density at radius 2 is 2.14 bits per heavy atom. The lowest BCUT2D eigenvalue weighted by molar-refractivity contribution is 0.123. The maximum atomic E-state index is 5.31. The van der Waals surface area contributed by atoms with Crippen LogP contribution in [0, 0.1) is 0 Å². The minimum atomic E-state index is 0.829. The third-order valence-electron chi connectivity index (χ3n) is 2.19. The van der Waals surface area contributed by atoms with Gasteiger partial charge in [0, 0.05) is 27.2 Å². The summed E-state index contributed by atoms with van der Waals surface area (Å²) in [5.41, 5.74) is 0. The second-order valence-corrected chi connectivity index (χ2v) is 4.46. The summed E-state index contributed by atoms with van der Waals surface area (Å²) >= 11 is 1.73. The van der Waals surface area contributed by atoms with Crippen molar-refractivity contribution in [2.75, 3.05) is 50.2 Å². The van der Waals surface area contributed by atoms with Gasteiger partial charge < -0.3 is 14.5 Å². The van der Waals surface area contributed by atoms with Crippen LogP contribution in [0.2, 0.25) is 0 Å². The highest BCUT2D eigenvalue weighted by molar-refractivity contribution is 7.19. The molecule has 0 aromatic carbocycles. The number of ether oxygens (including phenoxy) is 1. The zero-order valence-electron chi connectivity index (χ0n) is 8.56. The van der Waals surface area contributed by atoms with Gasteiger partial charge in [-0.3, -0.25) is 0 Å². The quantitative estimate of drug-likeness (QED) is 0.734. The van der Waals surface area contributed by atoms with Crippen LogP contribution in [-0.2, 0) is 4.74 Å². The van der Waals surface area contributed by atoms with Crippen molar-refractivity contribution in [2.45, 2.75) is 0 Å². The second-order valence-electron chi connectivity index (χ2n) is 3.47. The molecule has 1 saturated heterocycles. The fraction of sp³-hybridized carbons (Fsp3) is 0.667. The van der Waals surface area contributed by atoms with Crippen LogP contribution in [0.5, 0.6) is 0 Å². The van der Waals surface area contributed by atoms with E-state index in [9.17, 15) is 0 Å². The van der Waals surface area contributed by atoms with Gasteiger partial charge in [0.2, 0.25) is 0 Å². The average molecular weight is 213 g/mol. The van der Waals surface area contributed by atoms with Crippen LogP contribution in [0.25, 0.3) is 0 Å². The van der Waals surface area contributed by atoms with Gasteiger partial charge in [-0.1, -0.05) is 11.3 Å². The minimum Gasteiger partial charge on any atom is -0.378 e. The first kappa shape index (κ1) is 9.73. The molecule has 5 heteroatoms. The van der Waals surface area contributed by atoms with Crippen molar-refractivity contribution in [1.82, 2.24) is 4.98 Å². The number of nitrogens with zero attached hydrogens (tertiary/aromatic N) is 3. The fourth-order valence-electron chi connectivity index (χ4n) is 1.39. The topological polar surface area (TPSA) is 28.6 Å². The molecule has 1 aliphatic heterocycles. The summed E-state index contributed by atoms with van der Waals surface area (Å²) in [6, 6.07) is 0. The number of thiazole rings is 1. The van der Waals surface area contributed by atoms with Crippen molar-refractivity contribution in [1.29, 1.82) is 0 Å². The highest BCUT2D eigenvalue weighted by atomic mass is 32.1. The maximum Gasteiger partial charge on any atom is 0.186 e. The van der Waals surface area contributed by atoms with E-state index in [2.05, 4.69) is 9.88 Å². The van der Waals surface area contributed by atoms with Crippen molar-refractivity contribution in [3.63, 3.8) is 0 Å². The number of hydrogen-bond donors (Lipinski definition) is 0. The van der Waals surface area contributed by atoms with Crippen LogP contribution in [0.15, 0.2) is 6.20 Å². The minimum absolute atomic E-state index is 0.829. The van der Waals surface area contributed by atoms with Gasteiger partial charge in [0.05, 0.1) is 19.4 Å². The molecule has 1 fully saturated rings. The molecule has 14 heavy (non-hydrogen) atoms. The largest absolute Gasteiger partial charge is 0.378 e. The summed E-state index contributed by atoms with van der Waals surface area (Å²) in [6.07, 6.45) is 1.95. The molecule has 1 aromatic rings. The van der Waals surface area contributed by atoms with Crippen molar-refractivity contribution in [3.8, 4) is 0 Å². The van der Waals surface area contributed by atoms with Crippen LogP contribution < -0.4 is 9.80 Å². The average Bonchev–Trinajstić information content (AvgIpc) is 2.68. The molecular formula is C9H15N3OS. The number of rotatable bonds is 2. The molecule has 0 bridgehead atoms. The fourth-order valence-corrected chi connectivity index (χ4v) is 2.29. The third-order valence-corrected chi connectivity index (χ3v) is 3.41. The molecule has 0 spiro atoms. The molecule has 78 valence electrons. The van der Waals surface area contributed by atoms with Crippen molar-refractivity contribution >= 4 is 21.5 Å². The summed E-state index contributed by atoms with van der Waals surface area (Å²) in [7, 11) is 4.03. The molecule has 0 N–H and O–H groups in total. The first-order chi connectivity index (χ1) is 6.77. The number of morpholine rings is 1. The Hall–Kier alpha value is -0.810. The molecule has 0 atom stereocenters. The van der Waals surface area contributed by atoms with E-state index in [1.165, 1.54) is 5.00 Å². The first-order valence-electron chi connectivity index (χ1n) is 4.73. The predicted octanol–water partition coefficient (Wildman–Crippen LogP) is 1.05. The molecule has 0 unspecified atom stereocenters. The van der Waals surface area contributed by atoms with E-state index >= 15 is 0 Å². The van der Waals surface area contributed by atoms with E-state index in [0.29, 0.717) is 0 Å². The lowest BCUT2D eigenvalue weighted by Gasteiger charge is -2.26. The van der Waals surface area contributed by atoms with E-state index in [1.54, 1.807) is 11.3 Å². The summed E-state index contributed by atoms with van der Waals surface area (Å²) in [5, 5.41) is 2.31. The first-order valence-corrected chi connectivity index (χ1v) is 5.55. The highest BCUT2D eigenvalue weighted by Gasteiger charge is 2.14. The molecule has 0 aliphatic carbocycles. The Bertz CT molecular complexity index is 294. The number of hydrogen-bond acceptors (Lipinski definition) is 5. The lowest BCUT2D eigenvalue weighted by atomic mass is 10.4. The van der Waals surface area contributed by atoms with Crippen LogP contribution in [0.1, 0.15) is 0 Å². The van der Waals surface area contributed by atoms with Crippen molar-refractivity contribution < 1.29 is 4.74 Å². The van der Waals surface area contributed by atoms with Crippen LogP contribution in [0.3, 0.4) is 0 Å². The molecule has 1 aliphatic rings.